The third kappa shape index (κ3) is 5.07. The van der Waals surface area contributed by atoms with Crippen LogP contribution in [0.5, 0.6) is 5.75 Å². The van der Waals surface area contributed by atoms with Gasteiger partial charge in [0.25, 0.3) is 0 Å². The summed E-state index contributed by atoms with van der Waals surface area (Å²) in [5.41, 5.74) is 3.04. The van der Waals surface area contributed by atoms with E-state index in [0.29, 0.717) is 22.9 Å². The molecule has 0 spiro atoms. The lowest BCUT2D eigenvalue weighted by atomic mass is 10.0. The summed E-state index contributed by atoms with van der Waals surface area (Å²) in [4.78, 5) is 20.3. The quantitative estimate of drug-likeness (QED) is 0.601. The molecule has 6 nitrogen and oxygen atoms in total. The average molecular weight is 394 g/mol. The molecule has 29 heavy (non-hydrogen) atoms. The number of halogens is 1. The molecule has 2 aromatic carbocycles. The van der Waals surface area contributed by atoms with Crippen LogP contribution in [0.2, 0.25) is 0 Å². The van der Waals surface area contributed by atoms with Gasteiger partial charge in [-0.1, -0.05) is 25.1 Å². The van der Waals surface area contributed by atoms with E-state index in [1.807, 2.05) is 13.0 Å². The first-order valence-corrected chi connectivity index (χ1v) is 9.30. The summed E-state index contributed by atoms with van der Waals surface area (Å²) in [7, 11) is 1.54. The van der Waals surface area contributed by atoms with Gasteiger partial charge in [-0.05, 0) is 36.2 Å². The van der Waals surface area contributed by atoms with Crippen LogP contribution in [0.3, 0.4) is 0 Å². The Balaban J connectivity index is 1.85. The zero-order chi connectivity index (χ0) is 20.8. The third-order valence-electron chi connectivity index (χ3n) is 4.45. The number of ether oxygens (including phenoxy) is 1. The molecule has 0 saturated heterocycles. The number of hydrogen-bond acceptors (Lipinski definition) is 5. The lowest BCUT2D eigenvalue weighted by Gasteiger charge is -2.18. The molecular weight excluding hydrogens is 371 g/mol. The first kappa shape index (κ1) is 20.3. The minimum absolute atomic E-state index is 0.0168. The number of carbonyl (C=O) groups excluding carboxylic acids is 1. The van der Waals surface area contributed by atoms with Crippen molar-refractivity contribution in [2.45, 2.75) is 26.3 Å². The van der Waals surface area contributed by atoms with Crippen LogP contribution < -0.4 is 15.4 Å². The van der Waals surface area contributed by atoms with Gasteiger partial charge < -0.3 is 15.4 Å². The molecular formula is C22H23FN4O2. The maximum absolute atomic E-state index is 13.2. The monoisotopic (exact) mass is 394 g/mol. The first-order valence-electron chi connectivity index (χ1n) is 9.30. The highest BCUT2D eigenvalue weighted by atomic mass is 19.1. The maximum atomic E-state index is 13.2. The number of anilines is 2. The summed E-state index contributed by atoms with van der Waals surface area (Å²) in [6.45, 7) is 3.49. The second kappa shape index (κ2) is 9.14. The minimum Gasteiger partial charge on any atom is -0.495 e. The van der Waals surface area contributed by atoms with Crippen LogP contribution in [-0.4, -0.2) is 23.0 Å². The van der Waals surface area contributed by atoms with E-state index in [4.69, 9.17) is 4.74 Å². The van der Waals surface area contributed by atoms with E-state index < -0.39 is 0 Å². The zero-order valence-electron chi connectivity index (χ0n) is 16.6. The standard InChI is InChI=1S/C22H23FN4O2/c1-4-18(15-5-8-17(23)9-6-15)26-22-13-24-12-20(27-22)16-7-10-19(25-14(2)28)21(11-16)29-3/h5-13,18H,4H2,1-3H3,(H,25,28)(H,26,27). The van der Waals surface area contributed by atoms with Crippen molar-refractivity contribution >= 4 is 17.4 Å². The highest BCUT2D eigenvalue weighted by Crippen LogP contribution is 2.30. The molecule has 1 amide bonds. The van der Waals surface area contributed by atoms with Gasteiger partial charge in [0.1, 0.15) is 17.4 Å². The molecule has 1 atom stereocenters. The molecule has 1 heterocycles. The second-order valence-corrected chi connectivity index (χ2v) is 6.54. The van der Waals surface area contributed by atoms with Gasteiger partial charge >= 0.3 is 0 Å². The van der Waals surface area contributed by atoms with Crippen LogP contribution in [0.1, 0.15) is 31.9 Å². The number of nitrogens with one attached hydrogen (secondary N) is 2. The average Bonchev–Trinajstić information content (AvgIpc) is 2.73. The zero-order valence-corrected chi connectivity index (χ0v) is 16.6. The molecule has 1 aromatic heterocycles. The lowest BCUT2D eigenvalue weighted by Crippen LogP contribution is -2.11. The number of amides is 1. The number of rotatable bonds is 7. The fourth-order valence-corrected chi connectivity index (χ4v) is 3.01. The van der Waals surface area contributed by atoms with Crippen LogP contribution in [0, 0.1) is 5.82 Å². The second-order valence-electron chi connectivity index (χ2n) is 6.54. The van der Waals surface area contributed by atoms with Crippen molar-refractivity contribution in [1.82, 2.24) is 9.97 Å². The number of aromatic nitrogens is 2. The fraction of sp³-hybridized carbons (Fsp3) is 0.227. The SMILES string of the molecule is CCC(Nc1cncc(-c2ccc(NC(C)=O)c(OC)c2)n1)c1ccc(F)cc1. The Hall–Kier alpha value is -3.48. The summed E-state index contributed by atoms with van der Waals surface area (Å²) in [6.07, 6.45) is 4.12. The van der Waals surface area contributed by atoms with Gasteiger partial charge in [-0.25, -0.2) is 9.37 Å². The number of nitrogens with zero attached hydrogens (tertiary/aromatic N) is 2. The van der Waals surface area contributed by atoms with E-state index >= 15 is 0 Å². The molecule has 0 radical (unpaired) electrons. The van der Waals surface area contributed by atoms with E-state index in [-0.39, 0.29) is 17.8 Å². The Bertz CT molecular complexity index is 992. The fourth-order valence-electron chi connectivity index (χ4n) is 3.01. The van der Waals surface area contributed by atoms with Crippen molar-refractivity contribution in [1.29, 1.82) is 0 Å². The Morgan fingerprint density at radius 3 is 2.59 bits per heavy atom. The molecule has 0 saturated carbocycles. The van der Waals surface area contributed by atoms with E-state index in [1.165, 1.54) is 19.1 Å². The van der Waals surface area contributed by atoms with Crippen molar-refractivity contribution < 1.29 is 13.9 Å². The molecule has 0 aliphatic carbocycles. The van der Waals surface area contributed by atoms with Crippen molar-refractivity contribution in [3.63, 3.8) is 0 Å². The molecule has 1 unspecified atom stereocenters. The smallest absolute Gasteiger partial charge is 0.221 e. The Morgan fingerprint density at radius 2 is 1.93 bits per heavy atom. The Morgan fingerprint density at radius 1 is 1.17 bits per heavy atom. The molecule has 3 aromatic rings. The number of carbonyl (C=O) groups is 1. The molecule has 0 bridgehead atoms. The topological polar surface area (TPSA) is 76.1 Å². The van der Waals surface area contributed by atoms with Crippen molar-refractivity contribution in [2.24, 2.45) is 0 Å². The first-order chi connectivity index (χ1) is 14.0. The van der Waals surface area contributed by atoms with Crippen LogP contribution in [0.4, 0.5) is 15.9 Å². The summed E-state index contributed by atoms with van der Waals surface area (Å²) < 4.78 is 18.6. The predicted octanol–water partition coefficient (Wildman–Crippen LogP) is 4.81. The Kier molecular flexibility index (Phi) is 6.39. The van der Waals surface area contributed by atoms with E-state index in [1.54, 1.807) is 43.8 Å². The molecule has 0 fully saturated rings. The highest BCUT2D eigenvalue weighted by molar-refractivity contribution is 5.91. The summed E-state index contributed by atoms with van der Waals surface area (Å²) >= 11 is 0. The minimum atomic E-state index is -0.262. The molecule has 7 heteroatoms. The van der Waals surface area contributed by atoms with Gasteiger partial charge in [-0.2, -0.15) is 0 Å². The molecule has 3 rings (SSSR count). The molecule has 0 aliphatic heterocycles. The Labute approximate surface area is 169 Å². The number of hydrogen-bond donors (Lipinski definition) is 2. The predicted molar refractivity (Wildman–Crippen MR) is 111 cm³/mol. The van der Waals surface area contributed by atoms with Gasteiger partial charge in [0.05, 0.1) is 36.9 Å². The van der Waals surface area contributed by atoms with Gasteiger partial charge in [0, 0.05) is 12.5 Å². The summed E-state index contributed by atoms with van der Waals surface area (Å²) in [5.74, 6) is 0.717. The van der Waals surface area contributed by atoms with Gasteiger partial charge in [0.2, 0.25) is 5.91 Å². The molecule has 150 valence electrons. The summed E-state index contributed by atoms with van der Waals surface area (Å²) in [5, 5.41) is 6.09. The van der Waals surface area contributed by atoms with Crippen molar-refractivity contribution in [3.8, 4) is 17.0 Å². The van der Waals surface area contributed by atoms with Crippen LogP contribution in [0.15, 0.2) is 54.9 Å². The normalized spacial score (nSPS) is 11.6. The van der Waals surface area contributed by atoms with Crippen molar-refractivity contribution in [2.75, 3.05) is 17.7 Å². The van der Waals surface area contributed by atoms with E-state index in [0.717, 1.165) is 17.5 Å². The van der Waals surface area contributed by atoms with Gasteiger partial charge in [-0.15, -0.1) is 0 Å². The van der Waals surface area contributed by atoms with Gasteiger partial charge in [0.15, 0.2) is 0 Å². The van der Waals surface area contributed by atoms with Gasteiger partial charge in [-0.3, -0.25) is 9.78 Å². The van der Waals surface area contributed by atoms with E-state index in [2.05, 4.69) is 20.6 Å². The third-order valence-corrected chi connectivity index (χ3v) is 4.45. The largest absolute Gasteiger partial charge is 0.495 e. The summed E-state index contributed by atoms with van der Waals surface area (Å²) in [6, 6.07) is 11.8. The molecule has 0 aliphatic rings. The molecule has 2 N–H and O–H groups in total. The van der Waals surface area contributed by atoms with Crippen LogP contribution in [0.25, 0.3) is 11.3 Å². The number of methoxy groups -OCH3 is 1. The lowest BCUT2D eigenvalue weighted by molar-refractivity contribution is -0.114. The number of benzene rings is 2. The van der Waals surface area contributed by atoms with E-state index in [9.17, 15) is 9.18 Å². The highest BCUT2D eigenvalue weighted by Gasteiger charge is 2.12. The van der Waals surface area contributed by atoms with Crippen LogP contribution >= 0.6 is 0 Å². The van der Waals surface area contributed by atoms with Crippen LogP contribution in [-0.2, 0) is 4.79 Å². The maximum Gasteiger partial charge on any atom is 0.221 e. The van der Waals surface area contributed by atoms with Crippen molar-refractivity contribution in [3.05, 3.63) is 66.2 Å².